The molecule has 0 heterocycles. The highest BCUT2D eigenvalue weighted by Gasteiger charge is 2.29. The van der Waals surface area contributed by atoms with Gasteiger partial charge in [0.2, 0.25) is 5.91 Å². The van der Waals surface area contributed by atoms with Crippen LogP contribution in [-0.2, 0) is 20.6 Å². The molecule has 0 aromatic heterocycles. The summed E-state index contributed by atoms with van der Waals surface area (Å²) in [6.45, 7) is 2.13. The second kappa shape index (κ2) is 14.2. The minimum atomic E-state index is -4.05. The highest BCUT2D eigenvalue weighted by atomic mass is 35.5. The molecule has 1 amide bonds. The van der Waals surface area contributed by atoms with Gasteiger partial charge in [-0.3, -0.25) is 9.10 Å². The van der Waals surface area contributed by atoms with Crippen LogP contribution in [0, 0.1) is 0 Å². The zero-order valence-corrected chi connectivity index (χ0v) is 24.4. The van der Waals surface area contributed by atoms with Crippen molar-refractivity contribution in [2.24, 2.45) is 0 Å². The summed E-state index contributed by atoms with van der Waals surface area (Å²) in [5.74, 6) is 1.16. The fourth-order valence-electron chi connectivity index (χ4n) is 3.41. The number of thioether (sulfide) groups is 2. The highest BCUT2D eigenvalue weighted by molar-refractivity contribution is 7.98. The molecule has 0 aliphatic rings. The standard InChI is InChI=1S/C26H28Cl2N2O4S3/c1-3-34-25-10-5-4-9-24(25)30(37(32,33)20-13-11-19(35-2)12-14-20)17-26(31)29-15-16-36-18-21-22(27)7-6-8-23(21)28/h4-14H,3,15-18H2,1-2H3,(H,29,31). The zero-order chi connectivity index (χ0) is 26.8. The van der Waals surface area contributed by atoms with E-state index in [0.29, 0.717) is 46.1 Å². The van der Waals surface area contributed by atoms with Crippen LogP contribution in [-0.4, -0.2) is 46.0 Å². The van der Waals surface area contributed by atoms with Crippen LogP contribution in [0.1, 0.15) is 12.5 Å². The molecular formula is C26H28Cl2N2O4S3. The number of rotatable bonds is 13. The molecule has 6 nitrogen and oxygen atoms in total. The molecule has 0 fully saturated rings. The summed E-state index contributed by atoms with van der Waals surface area (Å²) in [5.41, 5.74) is 1.15. The second-order valence-corrected chi connectivity index (χ2v) is 12.4. The Morgan fingerprint density at radius 2 is 1.68 bits per heavy atom. The Kier molecular flexibility index (Phi) is 11.3. The molecule has 0 unspecified atom stereocenters. The Labute approximate surface area is 237 Å². The summed E-state index contributed by atoms with van der Waals surface area (Å²) in [4.78, 5) is 13.9. The topological polar surface area (TPSA) is 75.7 Å². The fraction of sp³-hybridized carbons (Fsp3) is 0.269. The average molecular weight is 600 g/mol. The van der Waals surface area contributed by atoms with E-state index >= 15 is 0 Å². The molecule has 3 aromatic carbocycles. The minimum absolute atomic E-state index is 0.0941. The third-order valence-electron chi connectivity index (χ3n) is 5.25. The van der Waals surface area contributed by atoms with E-state index in [1.165, 1.54) is 11.8 Å². The number of sulfonamides is 1. The number of carbonyl (C=O) groups is 1. The van der Waals surface area contributed by atoms with E-state index in [-0.39, 0.29) is 4.90 Å². The smallest absolute Gasteiger partial charge is 0.264 e. The molecule has 198 valence electrons. The predicted octanol–water partition coefficient (Wildman–Crippen LogP) is 6.36. The van der Waals surface area contributed by atoms with Crippen molar-refractivity contribution in [3.63, 3.8) is 0 Å². The van der Waals surface area contributed by atoms with Gasteiger partial charge < -0.3 is 10.1 Å². The molecule has 0 bridgehead atoms. The van der Waals surface area contributed by atoms with Gasteiger partial charge in [0.05, 0.1) is 17.2 Å². The van der Waals surface area contributed by atoms with E-state index in [0.717, 1.165) is 14.8 Å². The van der Waals surface area contributed by atoms with Crippen LogP contribution >= 0.6 is 46.7 Å². The maximum atomic E-state index is 13.7. The van der Waals surface area contributed by atoms with Crippen LogP contribution in [0.25, 0.3) is 0 Å². The third kappa shape index (κ3) is 7.97. The monoisotopic (exact) mass is 598 g/mol. The number of anilines is 1. The van der Waals surface area contributed by atoms with Gasteiger partial charge in [0.1, 0.15) is 12.3 Å². The summed E-state index contributed by atoms with van der Waals surface area (Å²) < 4.78 is 34.1. The Morgan fingerprint density at radius 1 is 1.00 bits per heavy atom. The number of nitrogens with zero attached hydrogens (tertiary/aromatic N) is 1. The number of amides is 1. The van der Waals surface area contributed by atoms with Crippen LogP contribution in [0.2, 0.25) is 10.0 Å². The molecule has 0 radical (unpaired) electrons. The highest BCUT2D eigenvalue weighted by Crippen LogP contribution is 2.33. The Bertz CT molecular complexity index is 1290. The quantitative estimate of drug-likeness (QED) is 0.182. The van der Waals surface area contributed by atoms with Gasteiger partial charge in [0.15, 0.2) is 0 Å². The largest absolute Gasteiger partial charge is 0.492 e. The van der Waals surface area contributed by atoms with E-state index < -0.39 is 22.5 Å². The number of halogens is 2. The molecule has 0 saturated heterocycles. The van der Waals surface area contributed by atoms with Crippen molar-refractivity contribution < 1.29 is 17.9 Å². The fourth-order valence-corrected chi connectivity index (χ4v) is 6.84. The average Bonchev–Trinajstić information content (AvgIpc) is 2.89. The van der Waals surface area contributed by atoms with Crippen molar-refractivity contribution >= 4 is 68.3 Å². The van der Waals surface area contributed by atoms with Crippen molar-refractivity contribution in [3.05, 3.63) is 82.3 Å². The third-order valence-corrected chi connectivity index (χ3v) is 9.46. The number of benzene rings is 3. The van der Waals surface area contributed by atoms with Crippen molar-refractivity contribution in [1.82, 2.24) is 5.32 Å². The maximum absolute atomic E-state index is 13.7. The van der Waals surface area contributed by atoms with Gasteiger partial charge in [-0.05, 0) is 67.3 Å². The lowest BCUT2D eigenvalue weighted by molar-refractivity contribution is -0.119. The minimum Gasteiger partial charge on any atom is -0.492 e. The lowest BCUT2D eigenvalue weighted by Crippen LogP contribution is -2.41. The zero-order valence-electron chi connectivity index (χ0n) is 20.4. The lowest BCUT2D eigenvalue weighted by Gasteiger charge is -2.26. The number of hydrogen-bond donors (Lipinski definition) is 1. The SMILES string of the molecule is CCOc1ccccc1N(CC(=O)NCCSCc1c(Cl)cccc1Cl)S(=O)(=O)c1ccc(SC)cc1. The summed E-state index contributed by atoms with van der Waals surface area (Å²) in [7, 11) is -4.05. The number of nitrogens with one attached hydrogen (secondary N) is 1. The van der Waals surface area contributed by atoms with Crippen LogP contribution in [0.4, 0.5) is 5.69 Å². The van der Waals surface area contributed by atoms with Gasteiger partial charge in [-0.25, -0.2) is 8.42 Å². The van der Waals surface area contributed by atoms with E-state index in [1.54, 1.807) is 78.5 Å². The molecule has 0 spiro atoms. The molecule has 3 rings (SSSR count). The van der Waals surface area contributed by atoms with Crippen LogP contribution in [0.5, 0.6) is 5.75 Å². The number of carbonyl (C=O) groups excluding carboxylic acids is 1. The van der Waals surface area contributed by atoms with E-state index in [1.807, 2.05) is 13.2 Å². The Morgan fingerprint density at radius 3 is 2.32 bits per heavy atom. The first-order valence-corrected chi connectivity index (χ1v) is 16.0. The molecule has 0 saturated carbocycles. The molecule has 1 N–H and O–H groups in total. The van der Waals surface area contributed by atoms with Gasteiger partial charge in [-0.15, -0.1) is 11.8 Å². The molecule has 0 aliphatic heterocycles. The second-order valence-electron chi connectivity index (χ2n) is 7.69. The van der Waals surface area contributed by atoms with Gasteiger partial charge in [-0.1, -0.05) is 41.4 Å². The first-order chi connectivity index (χ1) is 17.8. The lowest BCUT2D eigenvalue weighted by atomic mass is 10.2. The Balaban J connectivity index is 1.72. The molecule has 37 heavy (non-hydrogen) atoms. The number of ether oxygens (including phenoxy) is 1. The van der Waals surface area contributed by atoms with Gasteiger partial charge in [0.25, 0.3) is 10.0 Å². The molecular weight excluding hydrogens is 571 g/mol. The van der Waals surface area contributed by atoms with E-state index in [2.05, 4.69) is 5.32 Å². The molecule has 0 aliphatic carbocycles. The Hall–Kier alpha value is -2.04. The van der Waals surface area contributed by atoms with Gasteiger partial charge in [-0.2, -0.15) is 11.8 Å². The first-order valence-electron chi connectivity index (χ1n) is 11.4. The first kappa shape index (κ1) is 29.5. The number of hydrogen-bond acceptors (Lipinski definition) is 6. The van der Waals surface area contributed by atoms with Crippen molar-refractivity contribution in [2.45, 2.75) is 22.5 Å². The van der Waals surface area contributed by atoms with Crippen molar-refractivity contribution in [2.75, 3.05) is 36.0 Å². The maximum Gasteiger partial charge on any atom is 0.264 e. The molecule has 0 atom stereocenters. The van der Waals surface area contributed by atoms with Crippen molar-refractivity contribution in [1.29, 1.82) is 0 Å². The summed E-state index contributed by atoms with van der Waals surface area (Å²) in [5, 5.41) is 4.02. The van der Waals surface area contributed by atoms with Gasteiger partial charge in [0, 0.05) is 33.0 Å². The van der Waals surface area contributed by atoms with Crippen LogP contribution < -0.4 is 14.4 Å². The van der Waals surface area contributed by atoms with E-state index in [4.69, 9.17) is 27.9 Å². The normalized spacial score (nSPS) is 11.2. The van der Waals surface area contributed by atoms with Crippen LogP contribution in [0.3, 0.4) is 0 Å². The summed E-state index contributed by atoms with van der Waals surface area (Å²) in [6, 6.07) is 18.7. The number of para-hydroxylation sites is 2. The van der Waals surface area contributed by atoms with E-state index in [9.17, 15) is 13.2 Å². The summed E-state index contributed by atoms with van der Waals surface area (Å²) in [6.07, 6.45) is 1.92. The van der Waals surface area contributed by atoms with Gasteiger partial charge >= 0.3 is 0 Å². The molecule has 3 aromatic rings. The summed E-state index contributed by atoms with van der Waals surface area (Å²) >= 11 is 15.5. The molecule has 11 heteroatoms. The predicted molar refractivity (Wildman–Crippen MR) is 156 cm³/mol. The van der Waals surface area contributed by atoms with Crippen molar-refractivity contribution in [3.8, 4) is 5.75 Å². The van der Waals surface area contributed by atoms with Crippen LogP contribution in [0.15, 0.2) is 76.5 Å².